The second kappa shape index (κ2) is 47.1. The van der Waals surface area contributed by atoms with Gasteiger partial charge >= 0.3 is 0 Å². The molecular weight excluding hydrogens is 2210 g/mol. The van der Waals surface area contributed by atoms with Crippen molar-refractivity contribution >= 4 is 54.7 Å². The maximum absolute atomic E-state index is 10.4. The molecule has 0 saturated carbocycles. The first-order valence-corrected chi connectivity index (χ1v) is 38.5. The summed E-state index contributed by atoms with van der Waals surface area (Å²) in [5, 5.41) is 48.9. The number of hydrogen-bond donors (Lipinski definition) is 4. The molecule has 10 nitrogen and oxygen atoms in total. The zero-order valence-corrected chi connectivity index (χ0v) is 79.0. The Morgan fingerprint density at radius 3 is 0.758 bits per heavy atom. The van der Waals surface area contributed by atoms with Crippen LogP contribution in [-0.4, -0.2) is 30.4 Å². The molecule has 0 aliphatic rings. The number of aryl methyl sites for hydroxylation is 4. The third-order valence-electron chi connectivity index (χ3n) is 19.2. The average molecular weight is 2310 g/mol. The predicted octanol–water partition coefficient (Wildman–Crippen LogP) is 28.0. The number of phenolic OH excluding ortho intramolecular Hbond substituents is 4. The average Bonchev–Trinajstić information content (AvgIpc) is 0.823. The van der Waals surface area contributed by atoms with Crippen LogP contribution in [-0.2, 0) is 111 Å². The van der Waals surface area contributed by atoms with E-state index >= 15 is 0 Å². The van der Waals surface area contributed by atoms with Crippen molar-refractivity contribution in [2.45, 2.75) is 132 Å². The first kappa shape index (κ1) is 100. The van der Waals surface area contributed by atoms with Crippen LogP contribution in [0.4, 0.5) is 11.4 Å². The van der Waals surface area contributed by atoms with Crippen LogP contribution in [0.5, 0.6) is 23.0 Å². The summed E-state index contributed by atoms with van der Waals surface area (Å²) in [6, 6.07) is 116. The van der Waals surface area contributed by atoms with Gasteiger partial charge in [0.05, 0.1) is 0 Å². The summed E-state index contributed by atoms with van der Waals surface area (Å²) in [5.41, 5.74) is 20.4. The molecule has 2 heterocycles. The van der Waals surface area contributed by atoms with Crippen LogP contribution in [0.1, 0.15) is 128 Å². The van der Waals surface area contributed by atoms with Crippen molar-refractivity contribution in [3.63, 3.8) is 0 Å². The molecule has 0 amide bonds. The quantitative estimate of drug-likeness (QED) is 0.0726. The summed E-state index contributed by atoms with van der Waals surface area (Å²) in [6.45, 7) is 34.5. The Hall–Kier alpha value is -10.2. The molecule has 16 aromatic rings. The van der Waals surface area contributed by atoms with E-state index in [9.17, 15) is 30.2 Å². The molecule has 14 aromatic carbocycles. The number of hydrogen-bond acceptors (Lipinski definition) is 10. The molecule has 0 aliphatic carbocycles. The normalized spacial score (nSPS) is 10.6. The molecule has 4 N–H and O–H groups in total. The topological polar surface area (TPSA) is 166 Å². The Bertz CT molecular complexity index is 5310. The zero-order chi connectivity index (χ0) is 83.7. The fourth-order valence-corrected chi connectivity index (χ4v) is 12.3. The molecule has 0 bridgehead atoms. The largest absolute Gasteiger partial charge is 0.506 e. The summed E-state index contributed by atoms with van der Waals surface area (Å²) in [5.74, 6) is 0.435. The van der Waals surface area contributed by atoms with Gasteiger partial charge in [0.15, 0.2) is 11.4 Å². The SMILES string of the molecule is CC(C)(C)c1c[c-]c(-c2[c-]cc(C(C)(C)C)cc2)cc1.CC(C)(C)c1c[c-]c(-c2[c-]cc(C(C)(C)C)cc2)cc1.Cc1cc(C)c2cccnc2c1O.Cc1cc(C)c2cccnc2c1O.O=Nc1c(O)ccc2ccccc12.O=Nc1c(O)ccc2ccccc12.[Au].[Au].[Au].[Au].[c-]1ccccc1-c1[c-]cccc1.[c-]1ccccc1-c1[c-]cccc1. The van der Waals surface area contributed by atoms with E-state index in [4.69, 9.17) is 0 Å². The summed E-state index contributed by atoms with van der Waals surface area (Å²) in [4.78, 5) is 29.2. The minimum absolute atomic E-state index is 0. The number of pyridine rings is 2. The molecule has 0 spiro atoms. The molecular formula is C106H100Au4N4O6-8. The Balaban J connectivity index is 0.000000245. The van der Waals surface area contributed by atoms with Crippen LogP contribution in [0.15, 0.2) is 302 Å². The van der Waals surface area contributed by atoms with E-state index in [1.165, 1.54) is 34.4 Å². The van der Waals surface area contributed by atoms with Gasteiger partial charge in [-0.15, -0.1) is 56.3 Å². The predicted molar refractivity (Wildman–Crippen MR) is 481 cm³/mol. The summed E-state index contributed by atoms with van der Waals surface area (Å²) >= 11 is 0. The van der Waals surface area contributed by atoms with Gasteiger partial charge in [-0.05, 0) is 117 Å². The van der Waals surface area contributed by atoms with Crippen LogP contribution >= 0.6 is 0 Å². The molecule has 0 saturated heterocycles. The molecule has 0 atom stereocenters. The third-order valence-corrected chi connectivity index (χ3v) is 19.2. The van der Waals surface area contributed by atoms with Crippen LogP contribution in [0.25, 0.3) is 87.9 Å². The molecule has 120 heavy (non-hydrogen) atoms. The molecule has 2 aromatic heterocycles. The van der Waals surface area contributed by atoms with Gasteiger partial charge in [0.1, 0.15) is 34.0 Å². The van der Waals surface area contributed by atoms with Crippen molar-refractivity contribution < 1.29 is 110 Å². The first-order valence-electron chi connectivity index (χ1n) is 38.5. The number of nitroso groups, excluding NO2 is 2. The smallest absolute Gasteiger partial charge is 0.157 e. The van der Waals surface area contributed by atoms with Crippen molar-refractivity contribution in [2.75, 3.05) is 0 Å². The Morgan fingerprint density at radius 2 is 0.525 bits per heavy atom. The number of rotatable bonds is 6. The minimum atomic E-state index is -0.0753. The van der Waals surface area contributed by atoms with Gasteiger partial charge in [0, 0.05) is 123 Å². The molecule has 0 aliphatic heterocycles. The van der Waals surface area contributed by atoms with Crippen molar-refractivity contribution in [3.05, 3.63) is 394 Å². The molecule has 14 heteroatoms. The number of fused-ring (bicyclic) bond motifs is 4. The second-order valence-electron chi connectivity index (χ2n) is 32.1. The van der Waals surface area contributed by atoms with Crippen LogP contribution in [0.3, 0.4) is 0 Å². The van der Waals surface area contributed by atoms with Crippen LogP contribution < -0.4 is 0 Å². The van der Waals surface area contributed by atoms with Crippen LogP contribution in [0, 0.1) is 86.0 Å². The summed E-state index contributed by atoms with van der Waals surface area (Å²) in [7, 11) is 0. The van der Waals surface area contributed by atoms with Gasteiger partial charge in [0.2, 0.25) is 0 Å². The van der Waals surface area contributed by atoms with Crippen molar-refractivity contribution in [2.24, 2.45) is 10.4 Å². The van der Waals surface area contributed by atoms with Crippen LogP contribution in [0.2, 0.25) is 0 Å². The van der Waals surface area contributed by atoms with Gasteiger partial charge < -0.3 is 20.4 Å². The summed E-state index contributed by atoms with van der Waals surface area (Å²) < 4.78 is 0. The van der Waals surface area contributed by atoms with E-state index in [-0.39, 0.29) is 134 Å². The Labute approximate surface area is 772 Å². The maximum Gasteiger partial charge on any atom is 0.157 e. The number of nitrogens with zero attached hydrogens (tertiary/aromatic N) is 4. The van der Waals surface area contributed by atoms with E-state index in [1.807, 2.05) is 185 Å². The number of aromatic nitrogens is 2. The van der Waals surface area contributed by atoms with Gasteiger partial charge in [-0.25, -0.2) is 44.5 Å². The third kappa shape index (κ3) is 28.5. The van der Waals surface area contributed by atoms with Gasteiger partial charge in [-0.3, -0.25) is 9.97 Å². The minimum Gasteiger partial charge on any atom is -0.506 e. The standard InChI is InChI=1S/2C20H24.2C12H8.2C11H11NO.2C10H7NO2.4Au/c2*1-19(2,3)17-11-7-15(8-12-17)16-9-13-18(14-10-16)20(4,5)6;2*1-3-7-11(8-4-1)12-9-5-2-6-10-12;2*1-7-6-8(2)11(13)10-9(7)4-3-5-12-10;2*12-9-6-5-7-3-1-2-4-8(7)10(9)11-13;;;;/h2*7,9,11-14H,1-6H3;2*1-7,9H;2*3-6,13H,1-2H3;2*1-6,12H;;;;/q4*-2;;;;;;;;. The van der Waals surface area contributed by atoms with E-state index in [1.54, 1.807) is 48.8 Å². The van der Waals surface area contributed by atoms with Crippen molar-refractivity contribution in [1.82, 2.24) is 9.97 Å². The molecule has 632 valence electrons. The van der Waals surface area contributed by atoms with Crippen molar-refractivity contribution in [3.8, 4) is 67.5 Å². The number of phenols is 4. The number of aromatic hydroxyl groups is 4. The van der Waals surface area contributed by atoms with E-state index in [2.05, 4.69) is 225 Å². The fourth-order valence-electron chi connectivity index (χ4n) is 12.3. The van der Waals surface area contributed by atoms with E-state index in [0.717, 1.165) is 88.3 Å². The van der Waals surface area contributed by atoms with E-state index in [0.29, 0.717) is 33.3 Å². The number of benzene rings is 14. The van der Waals surface area contributed by atoms with Gasteiger partial charge in [-0.1, -0.05) is 168 Å². The monoisotopic (exact) mass is 2310 g/mol. The molecule has 16 rings (SSSR count). The van der Waals surface area contributed by atoms with Gasteiger partial charge in [0.25, 0.3) is 0 Å². The molecule has 4 radical (unpaired) electrons. The Kier molecular flexibility index (Phi) is 39.4. The van der Waals surface area contributed by atoms with E-state index < -0.39 is 0 Å². The fraction of sp³-hybridized carbons (Fsp3) is 0.189. The second-order valence-corrected chi connectivity index (χ2v) is 32.1. The molecule has 0 fully saturated rings. The summed E-state index contributed by atoms with van der Waals surface area (Å²) in [6.07, 6.45) is 3.39. The molecule has 0 unspecified atom stereocenters. The van der Waals surface area contributed by atoms with Gasteiger partial charge in [-0.2, -0.15) is 194 Å². The van der Waals surface area contributed by atoms with Crippen molar-refractivity contribution in [1.29, 1.82) is 0 Å². The maximum atomic E-state index is 10.4. The first-order chi connectivity index (χ1) is 55.3. The zero-order valence-electron chi connectivity index (χ0n) is 70.3. The Morgan fingerprint density at radius 1 is 0.275 bits per heavy atom.